The lowest BCUT2D eigenvalue weighted by atomic mass is 9.92. The van der Waals surface area contributed by atoms with Crippen molar-refractivity contribution in [1.29, 1.82) is 0 Å². The van der Waals surface area contributed by atoms with E-state index in [1.165, 1.54) is 5.56 Å². The quantitative estimate of drug-likeness (QED) is 0.845. The normalized spacial score (nSPS) is 19.4. The third kappa shape index (κ3) is 2.41. The molecule has 0 N–H and O–H groups in total. The summed E-state index contributed by atoms with van der Waals surface area (Å²) in [4.78, 5) is 0. The standard InChI is InChI=1S/C15H18N2O2/c1-13(14-6-3-2-4-7-14)15(18-10-11-19-15)12-17-9-5-8-16-17/h2-9,13H,10-12H2,1H3. The van der Waals surface area contributed by atoms with Crippen molar-refractivity contribution in [2.24, 2.45) is 0 Å². The summed E-state index contributed by atoms with van der Waals surface area (Å²) in [6.45, 7) is 4.02. The van der Waals surface area contributed by atoms with Crippen LogP contribution in [0.4, 0.5) is 0 Å². The summed E-state index contributed by atoms with van der Waals surface area (Å²) in [6.07, 6.45) is 3.71. The molecule has 4 nitrogen and oxygen atoms in total. The van der Waals surface area contributed by atoms with Crippen molar-refractivity contribution in [3.05, 3.63) is 54.4 Å². The molecule has 1 aliphatic heterocycles. The Bertz CT molecular complexity index is 504. The van der Waals surface area contributed by atoms with Gasteiger partial charge in [0.25, 0.3) is 0 Å². The second kappa shape index (κ2) is 5.15. The average Bonchev–Trinajstić information content (AvgIpc) is 3.12. The molecular weight excluding hydrogens is 240 g/mol. The van der Waals surface area contributed by atoms with Crippen LogP contribution in [0.5, 0.6) is 0 Å². The van der Waals surface area contributed by atoms with E-state index in [0.29, 0.717) is 19.8 Å². The van der Waals surface area contributed by atoms with Crippen LogP contribution < -0.4 is 0 Å². The minimum atomic E-state index is -0.618. The van der Waals surface area contributed by atoms with E-state index in [2.05, 4.69) is 24.2 Å². The van der Waals surface area contributed by atoms with Gasteiger partial charge in [0.15, 0.2) is 5.79 Å². The van der Waals surface area contributed by atoms with Crippen molar-refractivity contribution in [2.75, 3.05) is 13.2 Å². The van der Waals surface area contributed by atoms with Crippen molar-refractivity contribution >= 4 is 0 Å². The number of benzene rings is 1. The zero-order valence-corrected chi connectivity index (χ0v) is 11.0. The van der Waals surface area contributed by atoms with Gasteiger partial charge in [-0.25, -0.2) is 0 Å². The lowest BCUT2D eigenvalue weighted by Gasteiger charge is -2.33. The van der Waals surface area contributed by atoms with Gasteiger partial charge < -0.3 is 9.47 Å². The molecule has 1 aromatic carbocycles. The molecule has 1 atom stereocenters. The van der Waals surface area contributed by atoms with Crippen molar-refractivity contribution < 1.29 is 9.47 Å². The molecule has 100 valence electrons. The molecule has 0 amide bonds. The van der Waals surface area contributed by atoms with E-state index in [1.54, 1.807) is 6.20 Å². The fourth-order valence-electron chi connectivity index (χ4n) is 2.56. The van der Waals surface area contributed by atoms with Gasteiger partial charge in [0.05, 0.1) is 19.8 Å². The Morgan fingerprint density at radius 3 is 2.58 bits per heavy atom. The van der Waals surface area contributed by atoms with Gasteiger partial charge in [0, 0.05) is 18.3 Å². The van der Waals surface area contributed by atoms with Gasteiger partial charge in [0.1, 0.15) is 0 Å². The first-order chi connectivity index (χ1) is 9.30. The molecule has 4 heteroatoms. The fourth-order valence-corrected chi connectivity index (χ4v) is 2.56. The molecule has 0 aliphatic carbocycles. The van der Waals surface area contributed by atoms with Gasteiger partial charge in [-0.1, -0.05) is 37.3 Å². The van der Waals surface area contributed by atoms with Crippen LogP contribution in [-0.4, -0.2) is 28.8 Å². The molecule has 0 radical (unpaired) electrons. The molecule has 1 aromatic heterocycles. The first-order valence-electron chi connectivity index (χ1n) is 6.60. The van der Waals surface area contributed by atoms with Crippen LogP contribution in [0.2, 0.25) is 0 Å². The minimum absolute atomic E-state index is 0.153. The summed E-state index contributed by atoms with van der Waals surface area (Å²) in [5.74, 6) is -0.465. The van der Waals surface area contributed by atoms with E-state index in [4.69, 9.17) is 9.47 Å². The molecule has 0 saturated carbocycles. The van der Waals surface area contributed by atoms with E-state index >= 15 is 0 Å². The van der Waals surface area contributed by atoms with Crippen molar-refractivity contribution in [2.45, 2.75) is 25.2 Å². The lowest BCUT2D eigenvalue weighted by Crippen LogP contribution is -2.41. The number of aromatic nitrogens is 2. The van der Waals surface area contributed by atoms with E-state index in [0.717, 1.165) is 0 Å². The molecule has 0 spiro atoms. The first kappa shape index (κ1) is 12.4. The van der Waals surface area contributed by atoms with E-state index < -0.39 is 5.79 Å². The summed E-state index contributed by atoms with van der Waals surface area (Å²) in [6, 6.07) is 12.2. The van der Waals surface area contributed by atoms with Crippen LogP contribution in [0.1, 0.15) is 18.4 Å². The summed E-state index contributed by atoms with van der Waals surface area (Å²) in [7, 11) is 0. The highest BCUT2D eigenvalue weighted by Gasteiger charge is 2.43. The molecule has 1 saturated heterocycles. The van der Waals surface area contributed by atoms with Gasteiger partial charge in [-0.3, -0.25) is 4.68 Å². The van der Waals surface area contributed by atoms with E-state index in [1.807, 2.05) is 35.1 Å². The van der Waals surface area contributed by atoms with Gasteiger partial charge in [-0.15, -0.1) is 0 Å². The number of nitrogens with zero attached hydrogens (tertiary/aromatic N) is 2. The topological polar surface area (TPSA) is 36.3 Å². The van der Waals surface area contributed by atoms with Crippen LogP contribution in [0, 0.1) is 0 Å². The highest BCUT2D eigenvalue weighted by Crippen LogP contribution is 2.36. The summed E-state index contributed by atoms with van der Waals surface area (Å²) in [5, 5.41) is 4.26. The van der Waals surface area contributed by atoms with Crippen LogP contribution in [0.25, 0.3) is 0 Å². The molecular formula is C15H18N2O2. The van der Waals surface area contributed by atoms with Crippen molar-refractivity contribution in [3.63, 3.8) is 0 Å². The van der Waals surface area contributed by atoms with Crippen molar-refractivity contribution in [3.8, 4) is 0 Å². The number of hydrogen-bond acceptors (Lipinski definition) is 3. The largest absolute Gasteiger partial charge is 0.345 e. The Balaban J connectivity index is 1.88. The van der Waals surface area contributed by atoms with Crippen LogP contribution in [-0.2, 0) is 16.0 Å². The molecule has 3 rings (SSSR count). The van der Waals surface area contributed by atoms with Gasteiger partial charge >= 0.3 is 0 Å². The van der Waals surface area contributed by atoms with Crippen LogP contribution in [0.3, 0.4) is 0 Å². The predicted molar refractivity (Wildman–Crippen MR) is 71.7 cm³/mol. The number of ether oxygens (including phenoxy) is 2. The maximum Gasteiger partial charge on any atom is 0.194 e. The lowest BCUT2D eigenvalue weighted by molar-refractivity contribution is -0.183. The van der Waals surface area contributed by atoms with E-state index in [9.17, 15) is 0 Å². The Morgan fingerprint density at radius 1 is 1.21 bits per heavy atom. The molecule has 2 aromatic rings. The average molecular weight is 258 g/mol. The van der Waals surface area contributed by atoms with Crippen LogP contribution in [0.15, 0.2) is 48.8 Å². The minimum Gasteiger partial charge on any atom is -0.345 e. The maximum absolute atomic E-state index is 5.95. The Hall–Kier alpha value is -1.65. The Morgan fingerprint density at radius 2 is 1.95 bits per heavy atom. The summed E-state index contributed by atoms with van der Waals surface area (Å²) in [5.41, 5.74) is 1.22. The monoisotopic (exact) mass is 258 g/mol. The number of hydrogen-bond donors (Lipinski definition) is 0. The Kier molecular flexibility index (Phi) is 3.36. The zero-order chi connectivity index (χ0) is 13.1. The van der Waals surface area contributed by atoms with Crippen LogP contribution >= 0.6 is 0 Å². The second-order valence-corrected chi connectivity index (χ2v) is 4.84. The van der Waals surface area contributed by atoms with Crippen molar-refractivity contribution in [1.82, 2.24) is 9.78 Å². The fraction of sp³-hybridized carbons (Fsp3) is 0.400. The number of rotatable bonds is 4. The zero-order valence-electron chi connectivity index (χ0n) is 11.0. The summed E-state index contributed by atoms with van der Waals surface area (Å²) >= 11 is 0. The second-order valence-electron chi connectivity index (χ2n) is 4.84. The SMILES string of the molecule is CC(c1ccccc1)C1(Cn2cccn2)OCCO1. The molecule has 1 aliphatic rings. The first-order valence-corrected chi connectivity index (χ1v) is 6.60. The molecule has 1 fully saturated rings. The summed E-state index contributed by atoms with van der Waals surface area (Å²) < 4.78 is 13.8. The van der Waals surface area contributed by atoms with Gasteiger partial charge in [0.2, 0.25) is 0 Å². The van der Waals surface area contributed by atoms with Gasteiger partial charge in [-0.2, -0.15) is 5.10 Å². The maximum atomic E-state index is 5.95. The van der Waals surface area contributed by atoms with Gasteiger partial charge in [-0.05, 0) is 11.6 Å². The smallest absolute Gasteiger partial charge is 0.194 e. The molecule has 1 unspecified atom stereocenters. The Labute approximate surface area is 113 Å². The third-order valence-electron chi connectivity index (χ3n) is 3.68. The van der Waals surface area contributed by atoms with E-state index in [-0.39, 0.29) is 5.92 Å². The third-order valence-corrected chi connectivity index (χ3v) is 3.68. The molecule has 19 heavy (non-hydrogen) atoms. The highest BCUT2D eigenvalue weighted by molar-refractivity contribution is 5.21. The molecule has 2 heterocycles. The predicted octanol–water partition coefficient (Wildman–Crippen LogP) is 2.43. The highest BCUT2D eigenvalue weighted by atomic mass is 16.7. The molecule has 0 bridgehead atoms.